The number of phenols is 2. The van der Waals surface area contributed by atoms with Crippen LogP contribution in [0.15, 0.2) is 39.5 Å². The monoisotopic (exact) mass is 382 g/mol. The fourth-order valence-corrected chi connectivity index (χ4v) is 3.69. The molecule has 2 heterocycles. The molecule has 28 heavy (non-hydrogen) atoms. The topological polar surface area (TPSA) is 95.2 Å². The number of anilines is 1. The Labute approximate surface area is 161 Å². The number of rotatable bonds is 3. The van der Waals surface area contributed by atoms with E-state index in [4.69, 9.17) is 9.15 Å². The van der Waals surface area contributed by atoms with Gasteiger partial charge >= 0.3 is 0 Å². The number of hydrogen-bond donors (Lipinski definition) is 3. The molecule has 0 unspecified atom stereocenters. The van der Waals surface area contributed by atoms with Crippen LogP contribution >= 0.6 is 0 Å². The summed E-state index contributed by atoms with van der Waals surface area (Å²) in [4.78, 5) is 15.0. The van der Waals surface area contributed by atoms with Crippen molar-refractivity contribution in [1.82, 2.24) is 5.32 Å². The molecule has 0 amide bonds. The zero-order chi connectivity index (χ0) is 19.8. The van der Waals surface area contributed by atoms with Gasteiger partial charge in [-0.2, -0.15) is 0 Å². The highest BCUT2D eigenvalue weighted by Crippen LogP contribution is 2.50. The molecule has 0 spiro atoms. The first-order valence-corrected chi connectivity index (χ1v) is 9.15. The number of fused-ring (bicyclic) bond motifs is 1. The zero-order valence-electron chi connectivity index (χ0n) is 15.8. The minimum Gasteiger partial charge on any atom is -0.505 e. The van der Waals surface area contributed by atoms with E-state index in [1.165, 1.54) is 7.11 Å². The summed E-state index contributed by atoms with van der Waals surface area (Å²) in [6.07, 6.45) is 0. The van der Waals surface area contributed by atoms with Crippen molar-refractivity contribution in [2.75, 3.05) is 38.2 Å². The highest BCUT2D eigenvalue weighted by molar-refractivity contribution is 5.99. The third-order valence-electron chi connectivity index (χ3n) is 5.12. The second kappa shape index (κ2) is 7.09. The molecule has 4 rings (SSSR count). The van der Waals surface area contributed by atoms with Gasteiger partial charge in [0.2, 0.25) is 5.75 Å². The Balaban J connectivity index is 2.05. The lowest BCUT2D eigenvalue weighted by Crippen LogP contribution is -2.43. The lowest BCUT2D eigenvalue weighted by atomic mass is 10.0. The fraction of sp³-hybridized carbons (Fsp3) is 0.286. The van der Waals surface area contributed by atoms with Crippen molar-refractivity contribution in [1.29, 1.82) is 0 Å². The Kier molecular flexibility index (Phi) is 4.60. The molecule has 1 aromatic heterocycles. The first-order valence-electron chi connectivity index (χ1n) is 9.15. The predicted molar refractivity (Wildman–Crippen MR) is 108 cm³/mol. The van der Waals surface area contributed by atoms with Crippen LogP contribution in [0.5, 0.6) is 17.2 Å². The number of aromatic hydroxyl groups is 2. The van der Waals surface area contributed by atoms with Gasteiger partial charge in [-0.15, -0.1) is 0 Å². The van der Waals surface area contributed by atoms with E-state index in [-0.39, 0.29) is 39.3 Å². The molecule has 0 bridgehead atoms. The molecule has 3 N–H and O–H groups in total. The SMILES string of the molecule is COc1c(O)c(N2CCNCC2)c(O)c2c(=O)c(C)c(-c3ccccc3)oc12. The minimum absolute atomic E-state index is 0.0142. The third kappa shape index (κ3) is 2.75. The Morgan fingerprint density at radius 3 is 2.43 bits per heavy atom. The quantitative estimate of drug-likeness (QED) is 0.641. The minimum atomic E-state index is -0.354. The van der Waals surface area contributed by atoms with Gasteiger partial charge in [-0.25, -0.2) is 0 Å². The summed E-state index contributed by atoms with van der Waals surface area (Å²) in [5.41, 5.74) is 0.988. The van der Waals surface area contributed by atoms with Crippen molar-refractivity contribution >= 4 is 16.7 Å². The molecule has 2 aromatic carbocycles. The highest BCUT2D eigenvalue weighted by atomic mass is 16.5. The largest absolute Gasteiger partial charge is 0.505 e. The maximum atomic E-state index is 13.2. The molecule has 146 valence electrons. The zero-order valence-corrected chi connectivity index (χ0v) is 15.8. The van der Waals surface area contributed by atoms with Gasteiger partial charge in [0.1, 0.15) is 16.8 Å². The van der Waals surface area contributed by atoms with Crippen LogP contribution in [-0.4, -0.2) is 43.5 Å². The summed E-state index contributed by atoms with van der Waals surface area (Å²) in [5, 5.41) is 25.0. The number of methoxy groups -OCH3 is 1. The van der Waals surface area contributed by atoms with E-state index in [0.29, 0.717) is 37.5 Å². The van der Waals surface area contributed by atoms with Crippen molar-refractivity contribution in [2.24, 2.45) is 0 Å². The first-order chi connectivity index (χ1) is 13.5. The molecular formula is C21H22N2O5. The van der Waals surface area contributed by atoms with Gasteiger partial charge in [0, 0.05) is 37.3 Å². The summed E-state index contributed by atoms with van der Waals surface area (Å²) in [5.74, 6) is -0.104. The molecule has 1 fully saturated rings. The van der Waals surface area contributed by atoms with E-state index in [2.05, 4.69) is 5.32 Å². The van der Waals surface area contributed by atoms with Gasteiger partial charge in [-0.1, -0.05) is 30.3 Å². The molecule has 7 heteroatoms. The Bertz CT molecular complexity index is 1090. The second-order valence-electron chi connectivity index (χ2n) is 6.77. The van der Waals surface area contributed by atoms with E-state index in [0.717, 1.165) is 5.56 Å². The van der Waals surface area contributed by atoms with E-state index < -0.39 is 0 Å². The van der Waals surface area contributed by atoms with Gasteiger partial charge in [0.05, 0.1) is 7.11 Å². The number of piperazine rings is 1. The predicted octanol–water partition coefficient (Wildman–Crippen LogP) is 2.60. The molecular weight excluding hydrogens is 360 g/mol. The first kappa shape index (κ1) is 18.2. The smallest absolute Gasteiger partial charge is 0.207 e. The summed E-state index contributed by atoms with van der Waals surface area (Å²) >= 11 is 0. The van der Waals surface area contributed by atoms with Crippen LogP contribution in [-0.2, 0) is 0 Å². The number of ether oxygens (including phenoxy) is 1. The molecule has 3 aromatic rings. The van der Waals surface area contributed by atoms with Crippen molar-refractivity contribution in [3.63, 3.8) is 0 Å². The number of nitrogens with one attached hydrogen (secondary N) is 1. The van der Waals surface area contributed by atoms with E-state index >= 15 is 0 Å². The lowest BCUT2D eigenvalue weighted by molar-refractivity contribution is 0.366. The summed E-state index contributed by atoms with van der Waals surface area (Å²) in [6.45, 7) is 4.25. The van der Waals surface area contributed by atoms with Gasteiger partial charge in [0.15, 0.2) is 22.5 Å². The standard InChI is InChI=1S/C21H22N2O5/c1-12-16(24)14-17(25)15(23-10-8-22-9-11-23)18(26)21(27-2)20(14)28-19(12)13-6-4-3-5-7-13/h3-7,22,25-26H,8-11H2,1-2H3. The average molecular weight is 382 g/mol. The molecule has 0 radical (unpaired) electrons. The lowest BCUT2D eigenvalue weighted by Gasteiger charge is -2.31. The maximum Gasteiger partial charge on any atom is 0.207 e. The average Bonchev–Trinajstić information content (AvgIpc) is 2.72. The number of phenolic OH excluding ortho intramolecular Hbond substituents is 2. The summed E-state index contributed by atoms with van der Waals surface area (Å²) < 4.78 is 11.4. The molecule has 0 atom stereocenters. The van der Waals surface area contributed by atoms with Crippen LogP contribution in [0.1, 0.15) is 5.56 Å². The van der Waals surface area contributed by atoms with Crippen LogP contribution in [0.2, 0.25) is 0 Å². The Morgan fingerprint density at radius 1 is 1.11 bits per heavy atom. The Hall–Kier alpha value is -3.19. The van der Waals surface area contributed by atoms with Gasteiger partial charge < -0.3 is 29.6 Å². The van der Waals surface area contributed by atoms with Crippen molar-refractivity contribution in [3.05, 3.63) is 46.1 Å². The third-order valence-corrected chi connectivity index (χ3v) is 5.12. The molecule has 0 saturated carbocycles. The van der Waals surface area contributed by atoms with E-state index in [1.807, 2.05) is 35.2 Å². The molecule has 0 aliphatic carbocycles. The fourth-order valence-electron chi connectivity index (χ4n) is 3.69. The number of benzene rings is 2. The highest BCUT2D eigenvalue weighted by Gasteiger charge is 2.29. The van der Waals surface area contributed by atoms with Crippen LogP contribution in [0.25, 0.3) is 22.3 Å². The van der Waals surface area contributed by atoms with Gasteiger partial charge in [-0.3, -0.25) is 4.79 Å². The van der Waals surface area contributed by atoms with Crippen LogP contribution in [0.3, 0.4) is 0 Å². The molecule has 1 aliphatic heterocycles. The Morgan fingerprint density at radius 2 is 1.79 bits per heavy atom. The molecule has 1 aliphatic rings. The number of nitrogens with zero attached hydrogens (tertiary/aromatic N) is 1. The van der Waals surface area contributed by atoms with Crippen LogP contribution < -0.4 is 20.4 Å². The van der Waals surface area contributed by atoms with Gasteiger partial charge in [-0.05, 0) is 6.92 Å². The summed E-state index contributed by atoms with van der Waals surface area (Å²) in [7, 11) is 1.40. The molecule has 1 saturated heterocycles. The maximum absolute atomic E-state index is 13.2. The van der Waals surface area contributed by atoms with E-state index in [1.54, 1.807) is 6.92 Å². The van der Waals surface area contributed by atoms with Crippen molar-refractivity contribution in [3.8, 4) is 28.6 Å². The second-order valence-corrected chi connectivity index (χ2v) is 6.77. The van der Waals surface area contributed by atoms with Crippen LogP contribution in [0, 0.1) is 6.92 Å². The molecule has 7 nitrogen and oxygen atoms in total. The van der Waals surface area contributed by atoms with Crippen molar-refractivity contribution in [2.45, 2.75) is 6.92 Å². The summed E-state index contributed by atoms with van der Waals surface area (Å²) in [6, 6.07) is 9.23. The van der Waals surface area contributed by atoms with Crippen LogP contribution in [0.4, 0.5) is 5.69 Å². The normalized spacial score (nSPS) is 14.4. The number of hydrogen-bond acceptors (Lipinski definition) is 7. The van der Waals surface area contributed by atoms with E-state index in [9.17, 15) is 15.0 Å². The van der Waals surface area contributed by atoms with Gasteiger partial charge in [0.25, 0.3) is 0 Å². The van der Waals surface area contributed by atoms with Crippen molar-refractivity contribution < 1.29 is 19.4 Å².